The van der Waals surface area contributed by atoms with Crippen LogP contribution < -0.4 is 13.8 Å². The molecule has 2 heterocycles. The maximum atomic E-state index is 12.6. The van der Waals surface area contributed by atoms with E-state index in [1.54, 1.807) is 23.1 Å². The SMILES string of the molecule is C[C@@H]1CCCN(C(=O)CN(c2ccc3c(c2)OCO3)S(C)(=O)=O)C1. The van der Waals surface area contributed by atoms with Gasteiger partial charge in [-0.15, -0.1) is 0 Å². The van der Waals surface area contributed by atoms with E-state index in [0.717, 1.165) is 23.4 Å². The lowest BCUT2D eigenvalue weighted by Crippen LogP contribution is -2.46. The molecule has 1 fully saturated rings. The number of sulfonamides is 1. The Kier molecular flexibility index (Phi) is 4.58. The summed E-state index contributed by atoms with van der Waals surface area (Å²) in [5.74, 6) is 1.33. The van der Waals surface area contributed by atoms with Crippen molar-refractivity contribution >= 4 is 21.6 Å². The Morgan fingerprint density at radius 3 is 2.79 bits per heavy atom. The van der Waals surface area contributed by atoms with Crippen molar-refractivity contribution in [2.45, 2.75) is 19.8 Å². The van der Waals surface area contributed by atoms with Crippen LogP contribution in [0.1, 0.15) is 19.8 Å². The number of amides is 1. The Morgan fingerprint density at radius 2 is 2.08 bits per heavy atom. The number of anilines is 1. The van der Waals surface area contributed by atoms with Gasteiger partial charge in [0.2, 0.25) is 22.7 Å². The highest BCUT2D eigenvalue weighted by atomic mass is 32.2. The Hall–Kier alpha value is -1.96. The van der Waals surface area contributed by atoms with Gasteiger partial charge in [-0.3, -0.25) is 9.10 Å². The van der Waals surface area contributed by atoms with E-state index >= 15 is 0 Å². The lowest BCUT2D eigenvalue weighted by Gasteiger charge is -2.33. The summed E-state index contributed by atoms with van der Waals surface area (Å²) in [6, 6.07) is 4.87. The molecule has 0 aromatic heterocycles. The monoisotopic (exact) mass is 354 g/mol. The minimum atomic E-state index is -3.59. The lowest BCUT2D eigenvalue weighted by atomic mass is 10.0. The van der Waals surface area contributed by atoms with Gasteiger partial charge in [0, 0.05) is 19.2 Å². The average Bonchev–Trinajstić information content (AvgIpc) is 2.98. The summed E-state index contributed by atoms with van der Waals surface area (Å²) in [5.41, 5.74) is 0.403. The van der Waals surface area contributed by atoms with Gasteiger partial charge in [-0.25, -0.2) is 8.42 Å². The Balaban J connectivity index is 1.81. The van der Waals surface area contributed by atoms with Crippen molar-refractivity contribution in [1.82, 2.24) is 4.90 Å². The number of benzene rings is 1. The molecule has 1 saturated heterocycles. The Labute approximate surface area is 142 Å². The van der Waals surface area contributed by atoms with Gasteiger partial charge in [0.25, 0.3) is 0 Å². The second-order valence-corrected chi connectivity index (χ2v) is 8.30. The number of rotatable bonds is 4. The summed E-state index contributed by atoms with van der Waals surface area (Å²) >= 11 is 0. The number of likely N-dealkylation sites (tertiary alicyclic amines) is 1. The van der Waals surface area contributed by atoms with Crippen molar-refractivity contribution in [3.05, 3.63) is 18.2 Å². The second-order valence-electron chi connectivity index (χ2n) is 6.39. The molecule has 1 amide bonds. The van der Waals surface area contributed by atoms with Crippen LogP contribution in [0, 0.1) is 5.92 Å². The molecule has 0 N–H and O–H groups in total. The molecule has 24 heavy (non-hydrogen) atoms. The molecule has 2 aliphatic rings. The van der Waals surface area contributed by atoms with Crippen molar-refractivity contribution < 1.29 is 22.7 Å². The van der Waals surface area contributed by atoms with Crippen LogP contribution in [-0.2, 0) is 14.8 Å². The van der Waals surface area contributed by atoms with Crippen LogP contribution in [0.2, 0.25) is 0 Å². The van der Waals surface area contributed by atoms with Crippen molar-refractivity contribution in [1.29, 1.82) is 0 Å². The van der Waals surface area contributed by atoms with E-state index in [9.17, 15) is 13.2 Å². The highest BCUT2D eigenvalue weighted by Crippen LogP contribution is 2.36. The van der Waals surface area contributed by atoms with Crippen molar-refractivity contribution in [3.8, 4) is 11.5 Å². The Morgan fingerprint density at radius 1 is 1.33 bits per heavy atom. The third-order valence-corrected chi connectivity index (χ3v) is 5.47. The standard InChI is InChI=1S/C16H22N2O5S/c1-12-4-3-7-17(9-12)16(19)10-18(24(2,20)21)13-5-6-14-15(8-13)23-11-22-14/h5-6,8,12H,3-4,7,9-11H2,1-2H3/t12-/m1/s1. The normalized spacial score (nSPS) is 20.1. The number of fused-ring (bicyclic) bond motifs is 1. The van der Waals surface area contributed by atoms with E-state index in [4.69, 9.17) is 9.47 Å². The first-order chi connectivity index (χ1) is 11.3. The first-order valence-electron chi connectivity index (χ1n) is 8.00. The average molecular weight is 354 g/mol. The van der Waals surface area contributed by atoms with Gasteiger partial charge in [0.1, 0.15) is 6.54 Å². The maximum Gasteiger partial charge on any atom is 0.243 e. The van der Waals surface area contributed by atoms with Gasteiger partial charge in [-0.1, -0.05) is 6.92 Å². The molecule has 0 bridgehead atoms. The van der Waals surface area contributed by atoms with Gasteiger partial charge >= 0.3 is 0 Å². The zero-order chi connectivity index (χ0) is 17.3. The molecule has 0 aliphatic carbocycles. The molecule has 0 spiro atoms. The van der Waals surface area contributed by atoms with E-state index in [-0.39, 0.29) is 19.2 Å². The van der Waals surface area contributed by atoms with E-state index in [2.05, 4.69) is 6.92 Å². The molecule has 0 unspecified atom stereocenters. The largest absolute Gasteiger partial charge is 0.454 e. The predicted octanol–water partition coefficient (Wildman–Crippen LogP) is 1.44. The lowest BCUT2D eigenvalue weighted by molar-refractivity contribution is -0.131. The van der Waals surface area contributed by atoms with Crippen LogP contribution in [-0.4, -0.2) is 51.9 Å². The van der Waals surface area contributed by atoms with Crippen LogP contribution in [0.5, 0.6) is 11.5 Å². The molecule has 1 aromatic rings. The summed E-state index contributed by atoms with van der Waals surface area (Å²) in [6.07, 6.45) is 3.15. The summed E-state index contributed by atoms with van der Waals surface area (Å²) < 4.78 is 36.1. The minimum absolute atomic E-state index is 0.113. The highest BCUT2D eigenvalue weighted by Gasteiger charge is 2.27. The fourth-order valence-electron chi connectivity index (χ4n) is 3.08. The van der Waals surface area contributed by atoms with Crippen LogP contribution in [0.15, 0.2) is 18.2 Å². The third-order valence-electron chi connectivity index (χ3n) is 4.33. The first kappa shape index (κ1) is 16.9. The van der Waals surface area contributed by atoms with Crippen LogP contribution in [0.4, 0.5) is 5.69 Å². The molecular formula is C16H22N2O5S. The summed E-state index contributed by atoms with van der Waals surface area (Å²) in [5, 5.41) is 0. The van der Waals surface area contributed by atoms with E-state index in [1.807, 2.05) is 0 Å². The first-order valence-corrected chi connectivity index (χ1v) is 9.84. The molecule has 8 heteroatoms. The number of piperidine rings is 1. The van der Waals surface area contributed by atoms with E-state index in [1.165, 1.54) is 0 Å². The number of hydrogen-bond acceptors (Lipinski definition) is 5. The minimum Gasteiger partial charge on any atom is -0.454 e. The van der Waals surface area contributed by atoms with Gasteiger partial charge < -0.3 is 14.4 Å². The summed E-state index contributed by atoms with van der Waals surface area (Å²) in [4.78, 5) is 14.3. The number of carbonyl (C=O) groups excluding carboxylic acids is 1. The predicted molar refractivity (Wildman–Crippen MR) is 89.7 cm³/mol. The molecule has 1 aromatic carbocycles. The topological polar surface area (TPSA) is 76.2 Å². The van der Waals surface area contributed by atoms with Crippen LogP contribution in [0.3, 0.4) is 0 Å². The molecule has 132 valence electrons. The van der Waals surface area contributed by atoms with Gasteiger partial charge in [0.05, 0.1) is 11.9 Å². The fraction of sp³-hybridized carbons (Fsp3) is 0.562. The highest BCUT2D eigenvalue weighted by molar-refractivity contribution is 7.92. The van der Waals surface area contributed by atoms with Crippen molar-refractivity contribution in [2.75, 3.05) is 37.0 Å². The van der Waals surface area contributed by atoms with E-state index in [0.29, 0.717) is 36.2 Å². The third kappa shape index (κ3) is 3.58. The smallest absolute Gasteiger partial charge is 0.243 e. The molecular weight excluding hydrogens is 332 g/mol. The molecule has 2 aliphatic heterocycles. The second kappa shape index (κ2) is 6.51. The molecule has 1 atom stereocenters. The van der Waals surface area contributed by atoms with Gasteiger partial charge in [0.15, 0.2) is 11.5 Å². The van der Waals surface area contributed by atoms with Gasteiger partial charge in [-0.05, 0) is 30.9 Å². The number of carbonyl (C=O) groups is 1. The quantitative estimate of drug-likeness (QED) is 0.818. The molecule has 0 radical (unpaired) electrons. The number of ether oxygens (including phenoxy) is 2. The molecule has 3 rings (SSSR count). The summed E-state index contributed by atoms with van der Waals surface area (Å²) in [6.45, 7) is 3.37. The molecule has 7 nitrogen and oxygen atoms in total. The maximum absolute atomic E-state index is 12.6. The number of nitrogens with zero attached hydrogens (tertiary/aromatic N) is 2. The van der Waals surface area contributed by atoms with Crippen molar-refractivity contribution in [3.63, 3.8) is 0 Å². The van der Waals surface area contributed by atoms with Crippen LogP contribution >= 0.6 is 0 Å². The van der Waals surface area contributed by atoms with E-state index < -0.39 is 10.0 Å². The van der Waals surface area contributed by atoms with Crippen LogP contribution in [0.25, 0.3) is 0 Å². The van der Waals surface area contributed by atoms with Gasteiger partial charge in [-0.2, -0.15) is 0 Å². The zero-order valence-electron chi connectivity index (χ0n) is 13.9. The Bertz CT molecular complexity index is 734. The van der Waals surface area contributed by atoms with Crippen molar-refractivity contribution in [2.24, 2.45) is 5.92 Å². The number of hydrogen-bond donors (Lipinski definition) is 0. The fourth-order valence-corrected chi connectivity index (χ4v) is 3.92. The molecule has 0 saturated carbocycles. The summed E-state index contributed by atoms with van der Waals surface area (Å²) in [7, 11) is -3.59. The zero-order valence-corrected chi connectivity index (χ0v) is 14.7.